The fraction of sp³-hybridized carbons (Fsp3) is 0.450. The lowest BCUT2D eigenvalue weighted by Gasteiger charge is -2.28. The van der Waals surface area contributed by atoms with Gasteiger partial charge in [-0.2, -0.15) is 4.98 Å². The van der Waals surface area contributed by atoms with Gasteiger partial charge in [-0.15, -0.1) is 0 Å². The molecule has 0 fully saturated rings. The standard InChI is InChI=1S/C20H28N5O/c1-14(2)5-8-19-23-17-7-6-15(18-12-22-13-26-18)11-16(17)20(24-19)25(3,4)10-9-21/h6-7,11-14H,5,8-10,21H2,1-4H3/q+1. The number of aryl methyl sites for hydroxylation is 1. The summed E-state index contributed by atoms with van der Waals surface area (Å²) in [7, 11) is 4.28. The number of rotatable bonds is 7. The first-order valence-corrected chi connectivity index (χ1v) is 9.14. The first-order valence-electron chi connectivity index (χ1n) is 9.14. The van der Waals surface area contributed by atoms with E-state index in [1.165, 1.54) is 6.39 Å². The molecule has 0 spiro atoms. The van der Waals surface area contributed by atoms with Crippen LogP contribution in [-0.4, -0.2) is 42.1 Å². The van der Waals surface area contributed by atoms with Crippen LogP contribution in [0.2, 0.25) is 0 Å². The van der Waals surface area contributed by atoms with Gasteiger partial charge in [0.05, 0.1) is 37.7 Å². The van der Waals surface area contributed by atoms with Crippen molar-refractivity contribution in [3.8, 4) is 11.3 Å². The summed E-state index contributed by atoms with van der Waals surface area (Å²) in [5.41, 5.74) is 7.79. The molecule has 1 aromatic carbocycles. The third-order valence-electron chi connectivity index (χ3n) is 4.65. The Kier molecular flexibility index (Phi) is 5.34. The van der Waals surface area contributed by atoms with Crippen molar-refractivity contribution in [2.45, 2.75) is 26.7 Å². The highest BCUT2D eigenvalue weighted by Gasteiger charge is 2.25. The molecule has 0 saturated heterocycles. The normalized spacial score (nSPS) is 12.2. The number of quaternary nitrogens is 1. The second-order valence-corrected chi connectivity index (χ2v) is 7.69. The Morgan fingerprint density at radius 2 is 2.00 bits per heavy atom. The molecule has 0 unspecified atom stereocenters. The lowest BCUT2D eigenvalue weighted by molar-refractivity contribution is 0.399. The predicted molar refractivity (Wildman–Crippen MR) is 106 cm³/mol. The Morgan fingerprint density at radius 1 is 1.19 bits per heavy atom. The third kappa shape index (κ3) is 3.92. The monoisotopic (exact) mass is 354 g/mol. The van der Waals surface area contributed by atoms with E-state index in [1.54, 1.807) is 6.20 Å². The van der Waals surface area contributed by atoms with Crippen molar-refractivity contribution in [2.24, 2.45) is 11.7 Å². The van der Waals surface area contributed by atoms with Crippen LogP contribution in [0, 0.1) is 5.92 Å². The molecule has 0 amide bonds. The van der Waals surface area contributed by atoms with E-state index in [2.05, 4.69) is 39.0 Å². The van der Waals surface area contributed by atoms with Crippen LogP contribution in [0.15, 0.2) is 35.2 Å². The Labute approximate surface area is 154 Å². The molecule has 0 saturated carbocycles. The van der Waals surface area contributed by atoms with E-state index in [9.17, 15) is 0 Å². The minimum Gasteiger partial charge on any atom is -0.444 e. The third-order valence-corrected chi connectivity index (χ3v) is 4.65. The second kappa shape index (κ2) is 7.51. The summed E-state index contributed by atoms with van der Waals surface area (Å²) in [6, 6.07) is 6.16. The summed E-state index contributed by atoms with van der Waals surface area (Å²) in [6.45, 7) is 5.85. The zero-order valence-corrected chi connectivity index (χ0v) is 16.1. The molecule has 6 heteroatoms. The Hall–Kier alpha value is -2.31. The van der Waals surface area contributed by atoms with Gasteiger partial charge in [0, 0.05) is 18.5 Å². The summed E-state index contributed by atoms with van der Waals surface area (Å²) in [4.78, 5) is 13.8. The molecule has 6 nitrogen and oxygen atoms in total. The van der Waals surface area contributed by atoms with Crippen molar-refractivity contribution >= 4 is 16.7 Å². The van der Waals surface area contributed by atoms with Crippen LogP contribution in [0.5, 0.6) is 0 Å². The van der Waals surface area contributed by atoms with Gasteiger partial charge in [-0.3, -0.25) is 4.48 Å². The van der Waals surface area contributed by atoms with Crippen LogP contribution in [0.3, 0.4) is 0 Å². The number of likely N-dealkylation sites (N-methyl/N-ethyl adjacent to an activating group) is 1. The van der Waals surface area contributed by atoms with Gasteiger partial charge in [0.2, 0.25) is 5.82 Å². The molecule has 2 aromatic heterocycles. The maximum absolute atomic E-state index is 5.86. The number of hydrogen-bond acceptors (Lipinski definition) is 5. The molecule has 0 radical (unpaired) electrons. The van der Waals surface area contributed by atoms with Crippen molar-refractivity contribution in [2.75, 3.05) is 27.2 Å². The van der Waals surface area contributed by atoms with E-state index < -0.39 is 0 Å². The highest BCUT2D eigenvalue weighted by atomic mass is 16.3. The minimum atomic E-state index is 0.599. The highest BCUT2D eigenvalue weighted by molar-refractivity contribution is 5.91. The van der Waals surface area contributed by atoms with Crippen LogP contribution >= 0.6 is 0 Å². The maximum Gasteiger partial charge on any atom is 0.238 e. The number of hydrogen-bond donors (Lipinski definition) is 1. The first kappa shape index (κ1) is 18.5. The van der Waals surface area contributed by atoms with Gasteiger partial charge in [0.1, 0.15) is 5.82 Å². The van der Waals surface area contributed by atoms with Crippen LogP contribution in [0.25, 0.3) is 22.2 Å². The highest BCUT2D eigenvalue weighted by Crippen LogP contribution is 2.31. The van der Waals surface area contributed by atoms with Gasteiger partial charge in [-0.25, -0.2) is 9.97 Å². The lowest BCUT2D eigenvalue weighted by Crippen LogP contribution is -2.45. The second-order valence-electron chi connectivity index (χ2n) is 7.69. The van der Waals surface area contributed by atoms with E-state index in [-0.39, 0.29) is 0 Å². The van der Waals surface area contributed by atoms with Crippen LogP contribution < -0.4 is 10.2 Å². The fourth-order valence-electron chi connectivity index (χ4n) is 3.09. The lowest BCUT2D eigenvalue weighted by atomic mass is 10.1. The van der Waals surface area contributed by atoms with Crippen molar-refractivity contribution in [3.63, 3.8) is 0 Å². The zero-order valence-electron chi connectivity index (χ0n) is 16.1. The molecular weight excluding hydrogens is 326 g/mol. The summed E-state index contributed by atoms with van der Waals surface area (Å²) >= 11 is 0. The largest absolute Gasteiger partial charge is 0.444 e. The van der Waals surface area contributed by atoms with Crippen molar-refractivity contribution in [3.05, 3.63) is 36.6 Å². The molecule has 3 rings (SSSR count). The van der Waals surface area contributed by atoms with E-state index in [0.29, 0.717) is 16.9 Å². The van der Waals surface area contributed by atoms with E-state index in [1.807, 2.05) is 12.1 Å². The van der Waals surface area contributed by atoms with E-state index in [4.69, 9.17) is 20.1 Å². The number of nitrogens with two attached hydrogens (primary N) is 1. The predicted octanol–water partition coefficient (Wildman–Crippen LogP) is 3.40. The molecule has 0 aliphatic heterocycles. The molecule has 26 heavy (non-hydrogen) atoms. The SMILES string of the molecule is CC(C)CCc1nc([N+](C)(C)CCN)c2cc(-c3cnco3)ccc2n1. The molecule has 0 bridgehead atoms. The Morgan fingerprint density at radius 3 is 2.65 bits per heavy atom. The van der Waals surface area contributed by atoms with Crippen LogP contribution in [0.1, 0.15) is 26.1 Å². The summed E-state index contributed by atoms with van der Waals surface area (Å²) in [6.07, 6.45) is 5.12. The van der Waals surface area contributed by atoms with Gasteiger partial charge < -0.3 is 10.2 Å². The molecule has 0 aliphatic rings. The average molecular weight is 354 g/mol. The van der Waals surface area contributed by atoms with E-state index in [0.717, 1.165) is 53.3 Å². The molecule has 2 N–H and O–H groups in total. The molecular formula is C20H28N5O+. The van der Waals surface area contributed by atoms with Crippen molar-refractivity contribution in [1.82, 2.24) is 19.4 Å². The molecule has 138 valence electrons. The van der Waals surface area contributed by atoms with Crippen molar-refractivity contribution < 1.29 is 4.42 Å². The zero-order chi connectivity index (χ0) is 18.7. The smallest absolute Gasteiger partial charge is 0.238 e. The van der Waals surface area contributed by atoms with Gasteiger partial charge >= 0.3 is 0 Å². The Bertz CT molecular complexity index is 871. The molecule has 3 aromatic rings. The number of aromatic nitrogens is 3. The van der Waals surface area contributed by atoms with Gasteiger partial charge in [0.25, 0.3) is 0 Å². The number of benzene rings is 1. The molecule has 0 atom stereocenters. The fourth-order valence-corrected chi connectivity index (χ4v) is 3.09. The van der Waals surface area contributed by atoms with Gasteiger partial charge in [-0.1, -0.05) is 13.8 Å². The number of fused-ring (bicyclic) bond motifs is 1. The van der Waals surface area contributed by atoms with Gasteiger partial charge in [0.15, 0.2) is 12.2 Å². The Balaban J connectivity index is 2.14. The number of nitrogens with zero attached hydrogens (tertiary/aromatic N) is 4. The minimum absolute atomic E-state index is 0.599. The first-order chi connectivity index (χ1) is 12.4. The molecule has 0 aliphatic carbocycles. The number of oxazole rings is 1. The van der Waals surface area contributed by atoms with Crippen molar-refractivity contribution in [1.29, 1.82) is 0 Å². The quantitative estimate of drug-likeness (QED) is 0.658. The summed E-state index contributed by atoms with van der Waals surface area (Å²) < 4.78 is 6.07. The molecule has 2 heterocycles. The topological polar surface area (TPSA) is 77.8 Å². The maximum atomic E-state index is 5.86. The van der Waals surface area contributed by atoms with Crippen LogP contribution in [-0.2, 0) is 6.42 Å². The summed E-state index contributed by atoms with van der Waals surface area (Å²) in [5.74, 6) is 3.27. The average Bonchev–Trinajstić information content (AvgIpc) is 3.13. The summed E-state index contributed by atoms with van der Waals surface area (Å²) in [5, 5.41) is 1.03. The van der Waals surface area contributed by atoms with E-state index >= 15 is 0 Å². The van der Waals surface area contributed by atoms with Crippen LogP contribution in [0.4, 0.5) is 5.82 Å². The van der Waals surface area contributed by atoms with Gasteiger partial charge in [-0.05, 0) is 30.5 Å².